The summed E-state index contributed by atoms with van der Waals surface area (Å²) < 4.78 is 19.3. The molecule has 1 amide bonds. The van der Waals surface area contributed by atoms with Gasteiger partial charge in [0.2, 0.25) is 0 Å². The van der Waals surface area contributed by atoms with E-state index in [4.69, 9.17) is 4.74 Å². The summed E-state index contributed by atoms with van der Waals surface area (Å²) in [6.45, 7) is 5.88. The zero-order valence-electron chi connectivity index (χ0n) is 12.3. The van der Waals surface area contributed by atoms with E-state index in [1.807, 2.05) is 0 Å². The molecule has 0 unspecified atom stereocenters. The highest BCUT2D eigenvalue weighted by molar-refractivity contribution is 9.10. The van der Waals surface area contributed by atoms with E-state index in [0.29, 0.717) is 16.6 Å². The quantitative estimate of drug-likeness (QED) is 0.836. The third-order valence-corrected chi connectivity index (χ3v) is 3.96. The molecule has 116 valence electrons. The Labute approximate surface area is 132 Å². The van der Waals surface area contributed by atoms with E-state index in [9.17, 15) is 14.3 Å². The SMILES string of the molecule is CC(C)(C)OC(=O)N1C[C@@H](O)[C@H](c2ccc(Br)c(F)c2)C1. The molecule has 6 heteroatoms. The van der Waals surface area contributed by atoms with Crippen molar-refractivity contribution in [2.75, 3.05) is 13.1 Å². The van der Waals surface area contributed by atoms with Crippen LogP contribution in [0.5, 0.6) is 0 Å². The first kappa shape index (κ1) is 16.2. The monoisotopic (exact) mass is 359 g/mol. The molecular formula is C15H19BrFNO3. The second kappa shape index (κ2) is 5.93. The number of carbonyl (C=O) groups is 1. The molecule has 21 heavy (non-hydrogen) atoms. The van der Waals surface area contributed by atoms with Crippen LogP contribution in [0.25, 0.3) is 0 Å². The van der Waals surface area contributed by atoms with Crippen LogP contribution in [0.2, 0.25) is 0 Å². The molecule has 0 aromatic heterocycles. The number of nitrogens with zero attached hydrogens (tertiary/aromatic N) is 1. The van der Waals surface area contributed by atoms with Crippen molar-refractivity contribution >= 4 is 22.0 Å². The van der Waals surface area contributed by atoms with Gasteiger partial charge in [0, 0.05) is 12.5 Å². The van der Waals surface area contributed by atoms with Gasteiger partial charge >= 0.3 is 6.09 Å². The van der Waals surface area contributed by atoms with Crippen LogP contribution in [-0.4, -0.2) is 40.9 Å². The molecule has 0 aliphatic carbocycles. The van der Waals surface area contributed by atoms with Crippen molar-refractivity contribution in [3.63, 3.8) is 0 Å². The molecule has 1 aromatic carbocycles. The van der Waals surface area contributed by atoms with Crippen molar-refractivity contribution in [1.82, 2.24) is 4.90 Å². The van der Waals surface area contributed by atoms with Crippen molar-refractivity contribution in [3.8, 4) is 0 Å². The fourth-order valence-corrected chi connectivity index (χ4v) is 2.58. The summed E-state index contributed by atoms with van der Waals surface area (Å²) in [6.07, 6.45) is -1.18. The number of benzene rings is 1. The van der Waals surface area contributed by atoms with Crippen LogP contribution in [-0.2, 0) is 4.74 Å². The number of aliphatic hydroxyl groups excluding tert-OH is 1. The number of ether oxygens (including phenoxy) is 1. The van der Waals surface area contributed by atoms with Gasteiger partial charge < -0.3 is 14.7 Å². The van der Waals surface area contributed by atoms with Crippen LogP contribution in [0, 0.1) is 5.82 Å². The number of carbonyl (C=O) groups excluding carboxylic acids is 1. The predicted molar refractivity (Wildman–Crippen MR) is 80.7 cm³/mol. The van der Waals surface area contributed by atoms with Gasteiger partial charge in [0.1, 0.15) is 11.4 Å². The normalized spacial score (nSPS) is 22.5. The zero-order chi connectivity index (χ0) is 15.8. The second-order valence-corrected chi connectivity index (χ2v) is 7.09. The Morgan fingerprint density at radius 2 is 2.10 bits per heavy atom. The zero-order valence-corrected chi connectivity index (χ0v) is 13.9. The van der Waals surface area contributed by atoms with Gasteiger partial charge in [-0.25, -0.2) is 9.18 Å². The number of rotatable bonds is 1. The van der Waals surface area contributed by atoms with E-state index >= 15 is 0 Å². The highest BCUT2D eigenvalue weighted by Gasteiger charge is 2.37. The molecule has 1 aliphatic heterocycles. The largest absolute Gasteiger partial charge is 0.444 e. The first-order chi connectivity index (χ1) is 9.67. The molecule has 1 N–H and O–H groups in total. The third-order valence-electron chi connectivity index (χ3n) is 3.31. The minimum atomic E-state index is -0.724. The van der Waals surface area contributed by atoms with Gasteiger partial charge in [-0.3, -0.25) is 0 Å². The predicted octanol–water partition coefficient (Wildman–Crippen LogP) is 3.28. The van der Waals surface area contributed by atoms with Crippen LogP contribution in [0.3, 0.4) is 0 Å². The van der Waals surface area contributed by atoms with Gasteiger partial charge in [0.15, 0.2) is 0 Å². The first-order valence-corrected chi connectivity index (χ1v) is 7.57. The standard InChI is InChI=1S/C15H19BrFNO3/c1-15(2,3)21-14(20)18-7-10(13(19)8-18)9-4-5-11(16)12(17)6-9/h4-6,10,13,19H,7-8H2,1-3H3/t10-,13+/m0/s1. The Hall–Kier alpha value is -1.14. The highest BCUT2D eigenvalue weighted by atomic mass is 79.9. The van der Waals surface area contributed by atoms with Crippen molar-refractivity contribution in [1.29, 1.82) is 0 Å². The molecule has 1 heterocycles. The van der Waals surface area contributed by atoms with Crippen molar-refractivity contribution in [3.05, 3.63) is 34.1 Å². The molecule has 1 saturated heterocycles. The Bertz CT molecular complexity index is 544. The maximum Gasteiger partial charge on any atom is 0.410 e. The van der Waals surface area contributed by atoms with E-state index < -0.39 is 17.8 Å². The molecule has 0 spiro atoms. The Morgan fingerprint density at radius 3 is 2.67 bits per heavy atom. The Balaban J connectivity index is 2.10. The molecule has 1 fully saturated rings. The van der Waals surface area contributed by atoms with Crippen LogP contribution in [0.15, 0.2) is 22.7 Å². The lowest BCUT2D eigenvalue weighted by Gasteiger charge is -2.24. The van der Waals surface area contributed by atoms with E-state index in [-0.39, 0.29) is 18.3 Å². The second-order valence-electron chi connectivity index (χ2n) is 6.23. The lowest BCUT2D eigenvalue weighted by atomic mass is 9.96. The fraction of sp³-hybridized carbons (Fsp3) is 0.533. The highest BCUT2D eigenvalue weighted by Crippen LogP contribution is 2.30. The molecule has 2 atom stereocenters. The summed E-state index contributed by atoms with van der Waals surface area (Å²) in [6, 6.07) is 4.74. The Kier molecular flexibility index (Phi) is 4.58. The van der Waals surface area contributed by atoms with Gasteiger partial charge in [-0.05, 0) is 54.4 Å². The first-order valence-electron chi connectivity index (χ1n) is 6.78. The number of β-amino-alcohol motifs (C(OH)–C–C–N with tert-alkyl or cyclic N) is 1. The van der Waals surface area contributed by atoms with Crippen LogP contribution in [0.1, 0.15) is 32.3 Å². The smallest absolute Gasteiger partial charge is 0.410 e. The molecule has 2 rings (SSSR count). The van der Waals surface area contributed by atoms with E-state index in [2.05, 4.69) is 15.9 Å². The summed E-state index contributed by atoms with van der Waals surface area (Å²) >= 11 is 3.10. The Morgan fingerprint density at radius 1 is 1.43 bits per heavy atom. The van der Waals surface area contributed by atoms with E-state index in [1.54, 1.807) is 32.9 Å². The summed E-state index contributed by atoms with van der Waals surface area (Å²) in [7, 11) is 0. The summed E-state index contributed by atoms with van der Waals surface area (Å²) in [5.74, 6) is -0.685. The van der Waals surface area contributed by atoms with Gasteiger partial charge in [-0.1, -0.05) is 6.07 Å². The average Bonchev–Trinajstić information content (AvgIpc) is 2.73. The number of aliphatic hydroxyl groups is 1. The summed E-state index contributed by atoms with van der Waals surface area (Å²) in [5, 5.41) is 10.1. The number of amides is 1. The van der Waals surface area contributed by atoms with Gasteiger partial charge in [-0.15, -0.1) is 0 Å². The summed E-state index contributed by atoms with van der Waals surface area (Å²) in [5.41, 5.74) is 0.0957. The average molecular weight is 360 g/mol. The van der Waals surface area contributed by atoms with Crippen molar-refractivity contribution < 1.29 is 19.0 Å². The fourth-order valence-electron chi connectivity index (χ4n) is 2.33. The number of halogens is 2. The van der Waals surface area contributed by atoms with Crippen molar-refractivity contribution in [2.45, 2.75) is 38.4 Å². The van der Waals surface area contributed by atoms with E-state index in [1.165, 1.54) is 11.0 Å². The van der Waals surface area contributed by atoms with Crippen LogP contribution < -0.4 is 0 Å². The maximum absolute atomic E-state index is 13.6. The minimum Gasteiger partial charge on any atom is -0.444 e. The molecule has 0 bridgehead atoms. The molecule has 0 radical (unpaired) electrons. The molecule has 1 aromatic rings. The van der Waals surface area contributed by atoms with Crippen LogP contribution >= 0.6 is 15.9 Å². The minimum absolute atomic E-state index is 0.192. The molecule has 1 aliphatic rings. The lowest BCUT2D eigenvalue weighted by molar-refractivity contribution is 0.0270. The number of hydrogen-bond donors (Lipinski definition) is 1. The van der Waals surface area contributed by atoms with Crippen LogP contribution in [0.4, 0.5) is 9.18 Å². The molecule has 4 nitrogen and oxygen atoms in total. The van der Waals surface area contributed by atoms with E-state index in [0.717, 1.165) is 0 Å². The van der Waals surface area contributed by atoms with Crippen molar-refractivity contribution in [2.24, 2.45) is 0 Å². The topological polar surface area (TPSA) is 49.8 Å². The number of likely N-dealkylation sites (tertiary alicyclic amines) is 1. The number of hydrogen-bond acceptors (Lipinski definition) is 3. The van der Waals surface area contributed by atoms with Gasteiger partial charge in [0.05, 0.1) is 17.1 Å². The van der Waals surface area contributed by atoms with Gasteiger partial charge in [0.25, 0.3) is 0 Å². The van der Waals surface area contributed by atoms with Gasteiger partial charge in [-0.2, -0.15) is 0 Å². The maximum atomic E-state index is 13.6. The molecular weight excluding hydrogens is 341 g/mol. The summed E-state index contributed by atoms with van der Waals surface area (Å²) in [4.78, 5) is 13.5. The molecule has 0 saturated carbocycles. The third kappa shape index (κ3) is 3.95. The lowest BCUT2D eigenvalue weighted by Crippen LogP contribution is -2.35.